The van der Waals surface area contributed by atoms with Crippen molar-refractivity contribution in [3.63, 3.8) is 0 Å². The van der Waals surface area contributed by atoms with Crippen molar-refractivity contribution in [2.75, 3.05) is 18.6 Å². The van der Waals surface area contributed by atoms with E-state index in [1.807, 2.05) is 24.3 Å². The Labute approximate surface area is 143 Å². The van der Waals surface area contributed by atoms with Crippen LogP contribution in [0.15, 0.2) is 24.3 Å². The topological polar surface area (TPSA) is 63.2 Å². The Balaban J connectivity index is 1.98. The quantitative estimate of drug-likeness (QED) is 0.815. The first-order valence-electron chi connectivity index (χ1n) is 8.05. The van der Waals surface area contributed by atoms with Gasteiger partial charge in [-0.2, -0.15) is 0 Å². The number of benzene rings is 1. The van der Waals surface area contributed by atoms with Crippen molar-refractivity contribution in [3.05, 3.63) is 34.9 Å². The molecule has 1 amide bonds. The first-order valence-corrected chi connectivity index (χ1v) is 10.5. The summed E-state index contributed by atoms with van der Waals surface area (Å²) in [6.07, 6.45) is 5.98. The van der Waals surface area contributed by atoms with Crippen LogP contribution in [-0.2, 0) is 14.6 Å². The molecule has 2 rings (SSSR count). The van der Waals surface area contributed by atoms with Gasteiger partial charge in [-0.1, -0.05) is 36.6 Å². The standard InChI is InChI=1S/C17H24ClNO3S/c1-23(21,22)11-10-17(20)19-12-16(13-4-2-3-5-13)14-6-8-15(18)9-7-14/h6-9,13,16H,2-5,10-12H2,1H3,(H,19,20). The molecule has 0 aromatic heterocycles. The van der Waals surface area contributed by atoms with E-state index in [1.54, 1.807) is 0 Å². The second-order valence-electron chi connectivity index (χ2n) is 6.39. The fourth-order valence-corrected chi connectivity index (χ4v) is 3.90. The zero-order chi connectivity index (χ0) is 16.9. The zero-order valence-electron chi connectivity index (χ0n) is 13.4. The number of halogens is 1. The predicted octanol–water partition coefficient (Wildman–Crippen LogP) is 3.16. The Morgan fingerprint density at radius 2 is 1.87 bits per heavy atom. The van der Waals surface area contributed by atoms with Crippen LogP contribution in [0.4, 0.5) is 0 Å². The smallest absolute Gasteiger partial charge is 0.221 e. The molecule has 0 aliphatic heterocycles. The van der Waals surface area contributed by atoms with E-state index in [-0.39, 0.29) is 24.0 Å². The van der Waals surface area contributed by atoms with Crippen molar-refractivity contribution < 1.29 is 13.2 Å². The molecule has 4 nitrogen and oxygen atoms in total. The lowest BCUT2D eigenvalue weighted by Crippen LogP contribution is -2.32. The highest BCUT2D eigenvalue weighted by Crippen LogP contribution is 2.37. The molecule has 1 N–H and O–H groups in total. The Bertz CT molecular complexity index is 622. The van der Waals surface area contributed by atoms with Crippen LogP contribution in [0.2, 0.25) is 5.02 Å². The molecular weight excluding hydrogens is 334 g/mol. The van der Waals surface area contributed by atoms with E-state index < -0.39 is 9.84 Å². The van der Waals surface area contributed by atoms with Gasteiger partial charge in [0.25, 0.3) is 0 Å². The summed E-state index contributed by atoms with van der Waals surface area (Å²) in [5, 5.41) is 3.61. The summed E-state index contributed by atoms with van der Waals surface area (Å²) in [4.78, 5) is 11.9. The Morgan fingerprint density at radius 3 is 2.43 bits per heavy atom. The van der Waals surface area contributed by atoms with Gasteiger partial charge in [-0.05, 0) is 36.5 Å². The summed E-state index contributed by atoms with van der Waals surface area (Å²) < 4.78 is 22.3. The molecule has 0 bridgehead atoms. The molecule has 1 aliphatic carbocycles. The molecule has 0 saturated heterocycles. The predicted molar refractivity (Wildman–Crippen MR) is 93.5 cm³/mol. The van der Waals surface area contributed by atoms with Gasteiger partial charge < -0.3 is 5.32 Å². The first kappa shape index (κ1) is 18.3. The molecule has 1 aliphatic rings. The molecule has 0 radical (unpaired) electrons. The minimum Gasteiger partial charge on any atom is -0.355 e. The van der Waals surface area contributed by atoms with E-state index in [1.165, 1.54) is 31.2 Å². The molecule has 1 fully saturated rings. The minimum atomic E-state index is -3.11. The summed E-state index contributed by atoms with van der Waals surface area (Å²) in [7, 11) is -3.11. The van der Waals surface area contributed by atoms with Crippen molar-refractivity contribution in [2.45, 2.75) is 38.0 Å². The molecular formula is C17H24ClNO3S. The molecule has 1 saturated carbocycles. The maximum absolute atomic E-state index is 11.9. The largest absolute Gasteiger partial charge is 0.355 e. The Hall–Kier alpha value is -1.07. The van der Waals surface area contributed by atoms with E-state index in [0.29, 0.717) is 17.5 Å². The highest BCUT2D eigenvalue weighted by Gasteiger charge is 2.26. The third kappa shape index (κ3) is 6.15. The van der Waals surface area contributed by atoms with Crippen LogP contribution in [0.25, 0.3) is 0 Å². The van der Waals surface area contributed by atoms with Crippen LogP contribution in [0.1, 0.15) is 43.6 Å². The summed E-state index contributed by atoms with van der Waals surface area (Å²) >= 11 is 5.96. The Kier molecular flexibility index (Phi) is 6.48. The molecule has 1 unspecified atom stereocenters. The summed E-state index contributed by atoms with van der Waals surface area (Å²) in [5.41, 5.74) is 1.18. The number of carbonyl (C=O) groups is 1. The minimum absolute atomic E-state index is 0.0246. The third-order valence-corrected chi connectivity index (χ3v) is 5.68. The van der Waals surface area contributed by atoms with E-state index in [2.05, 4.69) is 5.32 Å². The number of hydrogen-bond acceptors (Lipinski definition) is 3. The van der Waals surface area contributed by atoms with Crippen LogP contribution in [0, 0.1) is 5.92 Å². The average Bonchev–Trinajstić information content (AvgIpc) is 3.00. The van der Waals surface area contributed by atoms with Gasteiger partial charge in [-0.25, -0.2) is 8.42 Å². The third-order valence-electron chi connectivity index (χ3n) is 4.49. The molecule has 1 aromatic carbocycles. The number of sulfone groups is 1. The monoisotopic (exact) mass is 357 g/mol. The van der Waals surface area contributed by atoms with Crippen molar-refractivity contribution in [1.29, 1.82) is 0 Å². The lowest BCUT2D eigenvalue weighted by molar-refractivity contribution is -0.120. The maximum Gasteiger partial charge on any atom is 0.221 e. The van der Waals surface area contributed by atoms with Gasteiger partial charge in [-0.15, -0.1) is 0 Å². The maximum atomic E-state index is 11.9. The van der Waals surface area contributed by atoms with Crippen LogP contribution in [-0.4, -0.2) is 32.9 Å². The van der Waals surface area contributed by atoms with Crippen LogP contribution < -0.4 is 5.32 Å². The van der Waals surface area contributed by atoms with Crippen molar-refractivity contribution >= 4 is 27.3 Å². The van der Waals surface area contributed by atoms with Crippen LogP contribution in [0.3, 0.4) is 0 Å². The molecule has 1 aromatic rings. The van der Waals surface area contributed by atoms with Crippen LogP contribution in [0.5, 0.6) is 0 Å². The fraction of sp³-hybridized carbons (Fsp3) is 0.588. The van der Waals surface area contributed by atoms with Gasteiger partial charge >= 0.3 is 0 Å². The van der Waals surface area contributed by atoms with Gasteiger partial charge in [0.05, 0.1) is 5.75 Å². The molecule has 23 heavy (non-hydrogen) atoms. The van der Waals surface area contributed by atoms with Gasteiger partial charge in [0.15, 0.2) is 0 Å². The zero-order valence-corrected chi connectivity index (χ0v) is 15.0. The van der Waals surface area contributed by atoms with Gasteiger partial charge in [0, 0.05) is 30.2 Å². The van der Waals surface area contributed by atoms with Crippen molar-refractivity contribution in [3.8, 4) is 0 Å². The number of carbonyl (C=O) groups excluding carboxylic acids is 1. The average molecular weight is 358 g/mol. The summed E-state index contributed by atoms with van der Waals surface area (Å²) in [5.74, 6) is 0.518. The fourth-order valence-electron chi connectivity index (χ4n) is 3.22. The van der Waals surface area contributed by atoms with E-state index in [0.717, 1.165) is 6.26 Å². The number of nitrogens with one attached hydrogen (secondary N) is 1. The second-order valence-corrected chi connectivity index (χ2v) is 9.08. The van der Waals surface area contributed by atoms with E-state index in [9.17, 15) is 13.2 Å². The van der Waals surface area contributed by atoms with Gasteiger partial charge in [0.2, 0.25) is 5.91 Å². The second kappa shape index (κ2) is 8.15. The normalized spacial score (nSPS) is 17.1. The van der Waals surface area contributed by atoms with Gasteiger partial charge in [-0.3, -0.25) is 4.79 Å². The molecule has 6 heteroatoms. The molecule has 128 valence electrons. The van der Waals surface area contributed by atoms with Gasteiger partial charge in [0.1, 0.15) is 9.84 Å². The van der Waals surface area contributed by atoms with Crippen molar-refractivity contribution in [2.24, 2.45) is 5.92 Å². The number of hydrogen-bond donors (Lipinski definition) is 1. The molecule has 1 atom stereocenters. The van der Waals surface area contributed by atoms with Crippen molar-refractivity contribution in [1.82, 2.24) is 5.32 Å². The first-order chi connectivity index (χ1) is 10.8. The highest BCUT2D eigenvalue weighted by atomic mass is 35.5. The summed E-state index contributed by atoms with van der Waals surface area (Å²) in [6, 6.07) is 7.80. The number of amides is 1. The van der Waals surface area contributed by atoms with E-state index >= 15 is 0 Å². The lowest BCUT2D eigenvalue weighted by atomic mass is 9.85. The lowest BCUT2D eigenvalue weighted by Gasteiger charge is -2.24. The van der Waals surface area contributed by atoms with E-state index in [4.69, 9.17) is 11.6 Å². The Morgan fingerprint density at radius 1 is 1.26 bits per heavy atom. The SMILES string of the molecule is CS(=O)(=O)CCC(=O)NCC(c1ccc(Cl)cc1)C1CCCC1. The summed E-state index contributed by atoms with van der Waals surface area (Å²) in [6.45, 7) is 0.550. The molecule has 0 spiro atoms. The molecule has 0 heterocycles. The highest BCUT2D eigenvalue weighted by molar-refractivity contribution is 7.90. The van der Waals surface area contributed by atoms with Crippen LogP contribution >= 0.6 is 11.6 Å². The number of rotatable bonds is 7.